The molecule has 4 rings (SSSR count). The van der Waals surface area contributed by atoms with Gasteiger partial charge >= 0.3 is 0 Å². The number of nitrogens with one attached hydrogen (secondary N) is 1. The highest BCUT2D eigenvalue weighted by Crippen LogP contribution is 2.24. The standard InChI is InChI=1S/C19H21N5O/c25-19(18-20-7-2-8-21-18)24-9-1-3-14(6-10-24)11-15-4-5-17-16(12-15)13-22-23-17/h2,4-5,7-8,12-14H,1,3,6,9-11H2,(H,22,23)/t14-/m1/s1. The Morgan fingerprint density at radius 3 is 2.96 bits per heavy atom. The average molecular weight is 335 g/mol. The van der Waals surface area contributed by atoms with Gasteiger partial charge in [0.15, 0.2) is 0 Å². The summed E-state index contributed by atoms with van der Waals surface area (Å²) in [5, 5.41) is 8.23. The number of nitrogens with zero attached hydrogens (tertiary/aromatic N) is 4. The first kappa shape index (κ1) is 15.7. The SMILES string of the molecule is O=C(c1ncccn1)N1CCC[C@@H](Cc2ccc3[nH]ncc3c2)CC1. The van der Waals surface area contributed by atoms with Crippen LogP contribution < -0.4 is 0 Å². The van der Waals surface area contributed by atoms with Crippen LogP contribution >= 0.6 is 0 Å². The van der Waals surface area contributed by atoms with Crippen LogP contribution in [0.4, 0.5) is 0 Å². The summed E-state index contributed by atoms with van der Waals surface area (Å²) < 4.78 is 0. The van der Waals surface area contributed by atoms with E-state index >= 15 is 0 Å². The molecule has 1 aliphatic heterocycles. The second-order valence-electron chi connectivity index (χ2n) is 6.66. The second-order valence-corrected chi connectivity index (χ2v) is 6.66. The molecular weight excluding hydrogens is 314 g/mol. The van der Waals surface area contributed by atoms with Crippen molar-refractivity contribution in [3.05, 3.63) is 54.2 Å². The van der Waals surface area contributed by atoms with E-state index in [1.54, 1.807) is 18.5 Å². The van der Waals surface area contributed by atoms with Gasteiger partial charge in [-0.05, 0) is 55.4 Å². The minimum absolute atomic E-state index is 0.0546. The monoisotopic (exact) mass is 335 g/mol. The molecule has 1 aliphatic rings. The predicted molar refractivity (Wildman–Crippen MR) is 95.1 cm³/mol. The first-order valence-corrected chi connectivity index (χ1v) is 8.78. The number of carbonyl (C=O) groups excluding carboxylic acids is 1. The van der Waals surface area contributed by atoms with Gasteiger partial charge in [-0.15, -0.1) is 0 Å². The molecule has 1 saturated heterocycles. The Kier molecular flexibility index (Phi) is 4.41. The zero-order chi connectivity index (χ0) is 17.1. The molecule has 0 aliphatic carbocycles. The predicted octanol–water partition coefficient (Wildman–Crippen LogP) is 2.84. The van der Waals surface area contributed by atoms with E-state index in [1.807, 2.05) is 11.1 Å². The van der Waals surface area contributed by atoms with E-state index in [0.29, 0.717) is 11.7 Å². The Morgan fingerprint density at radius 1 is 1.20 bits per heavy atom. The lowest BCUT2D eigenvalue weighted by Gasteiger charge is -2.19. The Bertz CT molecular complexity index is 860. The minimum Gasteiger partial charge on any atom is -0.336 e. The second kappa shape index (κ2) is 7.01. The van der Waals surface area contributed by atoms with Gasteiger partial charge < -0.3 is 4.90 Å². The van der Waals surface area contributed by atoms with Crippen molar-refractivity contribution in [2.45, 2.75) is 25.7 Å². The highest BCUT2D eigenvalue weighted by atomic mass is 16.2. The summed E-state index contributed by atoms with van der Waals surface area (Å²) in [6, 6.07) is 8.21. The summed E-state index contributed by atoms with van der Waals surface area (Å²) >= 11 is 0. The molecule has 1 fully saturated rings. The fraction of sp³-hybridized carbons (Fsp3) is 0.368. The van der Waals surface area contributed by atoms with Crippen LogP contribution in [0.5, 0.6) is 0 Å². The lowest BCUT2D eigenvalue weighted by atomic mass is 9.92. The number of H-pyrrole nitrogens is 1. The molecule has 1 aromatic carbocycles. The summed E-state index contributed by atoms with van der Waals surface area (Å²) in [6.07, 6.45) is 9.33. The Labute approximate surface area is 146 Å². The molecule has 2 aromatic heterocycles. The summed E-state index contributed by atoms with van der Waals surface area (Å²) in [7, 11) is 0. The molecule has 0 bridgehead atoms. The molecule has 1 atom stereocenters. The third-order valence-corrected chi connectivity index (χ3v) is 4.92. The number of aromatic amines is 1. The zero-order valence-corrected chi connectivity index (χ0v) is 14.1. The molecule has 0 spiro atoms. The van der Waals surface area contributed by atoms with Crippen molar-refractivity contribution >= 4 is 16.8 Å². The smallest absolute Gasteiger partial charge is 0.291 e. The Morgan fingerprint density at radius 2 is 2.08 bits per heavy atom. The maximum absolute atomic E-state index is 12.5. The third-order valence-electron chi connectivity index (χ3n) is 4.92. The van der Waals surface area contributed by atoms with E-state index in [1.165, 1.54) is 5.56 Å². The number of rotatable bonds is 3. The number of amides is 1. The molecular formula is C19H21N5O. The summed E-state index contributed by atoms with van der Waals surface area (Å²) in [4.78, 5) is 22.6. The number of carbonyl (C=O) groups is 1. The van der Waals surface area contributed by atoms with E-state index in [0.717, 1.165) is 49.7 Å². The highest BCUT2D eigenvalue weighted by molar-refractivity contribution is 5.90. The molecule has 6 nitrogen and oxygen atoms in total. The molecule has 6 heteroatoms. The van der Waals surface area contributed by atoms with Gasteiger partial charge in [0.25, 0.3) is 5.91 Å². The van der Waals surface area contributed by atoms with Gasteiger partial charge in [-0.25, -0.2) is 9.97 Å². The molecule has 0 saturated carbocycles. The van der Waals surface area contributed by atoms with E-state index in [9.17, 15) is 4.79 Å². The average Bonchev–Trinajstić information content (AvgIpc) is 3.00. The first-order chi connectivity index (χ1) is 12.3. The van der Waals surface area contributed by atoms with Crippen LogP contribution in [-0.2, 0) is 6.42 Å². The van der Waals surface area contributed by atoms with Gasteiger partial charge in [-0.2, -0.15) is 5.10 Å². The van der Waals surface area contributed by atoms with Crippen molar-refractivity contribution in [3.63, 3.8) is 0 Å². The Balaban J connectivity index is 1.40. The quantitative estimate of drug-likeness (QED) is 0.798. The van der Waals surface area contributed by atoms with E-state index in [-0.39, 0.29) is 5.91 Å². The lowest BCUT2D eigenvalue weighted by Crippen LogP contribution is -2.33. The summed E-state index contributed by atoms with van der Waals surface area (Å²) in [5.41, 5.74) is 2.41. The van der Waals surface area contributed by atoms with E-state index in [2.05, 4.69) is 38.4 Å². The number of likely N-dealkylation sites (tertiary alicyclic amines) is 1. The van der Waals surface area contributed by atoms with Crippen LogP contribution in [0, 0.1) is 5.92 Å². The molecule has 0 radical (unpaired) electrons. The highest BCUT2D eigenvalue weighted by Gasteiger charge is 2.23. The molecule has 0 unspecified atom stereocenters. The van der Waals surface area contributed by atoms with Gasteiger partial charge in [0.1, 0.15) is 0 Å². The zero-order valence-electron chi connectivity index (χ0n) is 14.1. The summed E-state index contributed by atoms with van der Waals surface area (Å²) in [5.74, 6) is 0.839. The van der Waals surface area contributed by atoms with Crippen molar-refractivity contribution < 1.29 is 4.79 Å². The normalized spacial score (nSPS) is 18.2. The van der Waals surface area contributed by atoms with E-state index < -0.39 is 0 Å². The number of hydrogen-bond acceptors (Lipinski definition) is 4. The molecule has 3 aromatic rings. The molecule has 1 amide bonds. The van der Waals surface area contributed by atoms with Crippen molar-refractivity contribution in [2.75, 3.05) is 13.1 Å². The molecule has 128 valence electrons. The number of benzene rings is 1. The lowest BCUT2D eigenvalue weighted by molar-refractivity contribution is 0.0747. The number of aromatic nitrogens is 4. The molecule has 1 N–H and O–H groups in total. The van der Waals surface area contributed by atoms with Crippen molar-refractivity contribution in [1.29, 1.82) is 0 Å². The van der Waals surface area contributed by atoms with Gasteiger partial charge in [-0.1, -0.05) is 6.07 Å². The fourth-order valence-corrected chi connectivity index (χ4v) is 3.58. The van der Waals surface area contributed by atoms with Gasteiger partial charge in [0.05, 0.1) is 11.7 Å². The third kappa shape index (κ3) is 3.52. The summed E-state index contributed by atoms with van der Waals surface area (Å²) in [6.45, 7) is 1.56. The van der Waals surface area contributed by atoms with Gasteiger partial charge in [0, 0.05) is 30.9 Å². The minimum atomic E-state index is -0.0546. The van der Waals surface area contributed by atoms with Crippen LogP contribution in [-0.4, -0.2) is 44.1 Å². The Hall–Kier alpha value is -2.76. The van der Waals surface area contributed by atoms with Crippen molar-refractivity contribution in [2.24, 2.45) is 5.92 Å². The van der Waals surface area contributed by atoms with Crippen molar-refractivity contribution in [1.82, 2.24) is 25.1 Å². The van der Waals surface area contributed by atoms with E-state index in [4.69, 9.17) is 0 Å². The maximum Gasteiger partial charge on any atom is 0.291 e. The van der Waals surface area contributed by atoms with Gasteiger partial charge in [-0.3, -0.25) is 9.89 Å². The fourth-order valence-electron chi connectivity index (χ4n) is 3.58. The van der Waals surface area contributed by atoms with Crippen LogP contribution in [0.15, 0.2) is 42.9 Å². The van der Waals surface area contributed by atoms with Crippen LogP contribution in [0.2, 0.25) is 0 Å². The number of fused-ring (bicyclic) bond motifs is 1. The first-order valence-electron chi connectivity index (χ1n) is 8.78. The topological polar surface area (TPSA) is 74.8 Å². The van der Waals surface area contributed by atoms with Crippen molar-refractivity contribution in [3.8, 4) is 0 Å². The van der Waals surface area contributed by atoms with Gasteiger partial charge in [0.2, 0.25) is 5.82 Å². The largest absolute Gasteiger partial charge is 0.336 e. The molecule has 3 heterocycles. The van der Waals surface area contributed by atoms with Crippen LogP contribution in [0.1, 0.15) is 35.4 Å². The van der Waals surface area contributed by atoms with Crippen LogP contribution in [0.3, 0.4) is 0 Å². The van der Waals surface area contributed by atoms with Crippen LogP contribution in [0.25, 0.3) is 10.9 Å². The number of hydrogen-bond donors (Lipinski definition) is 1. The maximum atomic E-state index is 12.5. The molecule has 25 heavy (non-hydrogen) atoms.